The summed E-state index contributed by atoms with van der Waals surface area (Å²) in [5.74, 6) is -0.389. The molecule has 15 nitrogen and oxygen atoms in total. The number of fused-ring (bicyclic) bond motifs is 3. The van der Waals surface area contributed by atoms with Crippen molar-refractivity contribution < 1.29 is 72.6 Å². The first-order chi connectivity index (χ1) is 36.6. The number of hydrogen-bond acceptors (Lipinski definition) is 12. The van der Waals surface area contributed by atoms with Crippen molar-refractivity contribution in [3.8, 4) is 51.0 Å². The van der Waals surface area contributed by atoms with E-state index in [2.05, 4.69) is 6.07 Å². The third kappa shape index (κ3) is 15.2. The molecule has 0 radical (unpaired) electrons. The van der Waals surface area contributed by atoms with Gasteiger partial charge in [-0.15, -0.1) is 0 Å². The highest BCUT2D eigenvalue weighted by Gasteiger charge is 2.24. The first-order valence-corrected chi connectivity index (χ1v) is 23.0. The molecular weight excluding hydrogens is 973 g/mol. The summed E-state index contributed by atoms with van der Waals surface area (Å²) < 4.78 is 21.4. The maximum absolute atomic E-state index is 12.3. The van der Waals surface area contributed by atoms with Crippen molar-refractivity contribution in [3.05, 3.63) is 198 Å². The largest absolute Gasteiger partial charge is 0.497 e. The van der Waals surface area contributed by atoms with Crippen LogP contribution in [-0.2, 0) is 28.8 Å². The lowest BCUT2D eigenvalue weighted by Gasteiger charge is -2.16. The number of aromatic carboxylic acids is 2. The third-order valence-electron chi connectivity index (χ3n) is 11.7. The molecule has 384 valence electrons. The summed E-state index contributed by atoms with van der Waals surface area (Å²) >= 11 is 0. The van der Waals surface area contributed by atoms with Gasteiger partial charge in [-0.1, -0.05) is 121 Å². The van der Waals surface area contributed by atoms with E-state index in [1.807, 2.05) is 148 Å². The molecule has 1 atom stereocenters. The van der Waals surface area contributed by atoms with Crippen molar-refractivity contribution in [3.63, 3.8) is 0 Å². The molecular formula is C61H50O15. The van der Waals surface area contributed by atoms with E-state index < -0.39 is 17.9 Å². The monoisotopic (exact) mass is 1020 g/mol. The van der Waals surface area contributed by atoms with Crippen LogP contribution in [0.2, 0.25) is 0 Å². The number of methoxy groups -OCH3 is 2. The fourth-order valence-electron chi connectivity index (χ4n) is 8.05. The van der Waals surface area contributed by atoms with Crippen LogP contribution in [0.4, 0.5) is 0 Å². The maximum atomic E-state index is 12.3. The van der Waals surface area contributed by atoms with Crippen molar-refractivity contribution in [2.75, 3.05) is 14.2 Å². The van der Waals surface area contributed by atoms with E-state index in [-0.39, 0.29) is 53.7 Å². The van der Waals surface area contributed by atoms with Crippen molar-refractivity contribution in [1.29, 1.82) is 0 Å². The van der Waals surface area contributed by atoms with Crippen LogP contribution in [0.5, 0.6) is 28.7 Å². The summed E-state index contributed by atoms with van der Waals surface area (Å²) in [6.07, 6.45) is 0.654. The second-order valence-corrected chi connectivity index (χ2v) is 16.7. The number of aliphatic carboxylic acids is 1. The molecule has 0 aliphatic carbocycles. The minimum absolute atomic E-state index is 0.0222. The lowest BCUT2D eigenvalue weighted by molar-refractivity contribution is -0.193. The van der Waals surface area contributed by atoms with Gasteiger partial charge in [-0.25, -0.2) is 9.59 Å². The molecule has 3 N–H and O–H groups in total. The van der Waals surface area contributed by atoms with Gasteiger partial charge in [0.2, 0.25) is 0 Å². The highest BCUT2D eigenvalue weighted by Crippen LogP contribution is 2.41. The summed E-state index contributed by atoms with van der Waals surface area (Å²) in [4.78, 5) is 77.9. The zero-order valence-electron chi connectivity index (χ0n) is 41.8. The average Bonchev–Trinajstić information content (AvgIpc) is 3.42. The molecule has 0 bridgehead atoms. The maximum Gasteiger partial charge on any atom is 0.373 e. The number of carboxylic acid groups (broad SMARTS) is 3. The van der Waals surface area contributed by atoms with Crippen molar-refractivity contribution in [2.45, 2.75) is 33.1 Å². The number of aryl methyl sites for hydroxylation is 2. The van der Waals surface area contributed by atoms with Gasteiger partial charge >= 0.3 is 30.2 Å². The first kappa shape index (κ1) is 56.7. The molecule has 1 unspecified atom stereocenters. The Kier molecular flexibility index (Phi) is 20.6. The molecule has 0 fully saturated rings. The van der Waals surface area contributed by atoms with Crippen LogP contribution in [0.3, 0.4) is 0 Å². The number of rotatable bonds is 13. The van der Waals surface area contributed by atoms with Gasteiger partial charge < -0.3 is 34.3 Å². The fourth-order valence-corrected chi connectivity index (χ4v) is 8.05. The number of carbonyl (C=O) groups is 4. The molecule has 0 saturated carbocycles. The van der Waals surface area contributed by atoms with E-state index in [4.69, 9.17) is 43.2 Å². The minimum Gasteiger partial charge on any atom is -0.497 e. The van der Waals surface area contributed by atoms with E-state index in [1.54, 1.807) is 44.6 Å². The number of hydrogen-bond donors (Lipinski definition) is 3. The molecule has 0 aliphatic rings. The Bertz CT molecular complexity index is 3580. The topological polar surface area (TPSA) is 234 Å². The summed E-state index contributed by atoms with van der Waals surface area (Å²) in [7, 11) is 3.28. The lowest BCUT2D eigenvalue weighted by atomic mass is 9.95. The number of carbonyl (C=O) groups excluding carboxylic acids is 5. The summed E-state index contributed by atoms with van der Waals surface area (Å²) in [6.45, 7) is 6.18. The van der Waals surface area contributed by atoms with Crippen LogP contribution >= 0.6 is 0 Å². The number of ether oxygens (including phenoxy) is 4. The quantitative estimate of drug-likeness (QED) is 0.0911. The van der Waals surface area contributed by atoms with E-state index in [1.165, 1.54) is 6.07 Å². The van der Waals surface area contributed by atoms with Gasteiger partial charge in [0.1, 0.15) is 34.3 Å². The van der Waals surface area contributed by atoms with Gasteiger partial charge in [-0.2, -0.15) is 19.2 Å². The fraction of sp³-hybridized carbons (Fsp3) is 0.115. The van der Waals surface area contributed by atoms with Crippen molar-refractivity contribution >= 4 is 69.0 Å². The summed E-state index contributed by atoms with van der Waals surface area (Å²) in [5.41, 5.74) is 5.99. The summed E-state index contributed by atoms with van der Waals surface area (Å²) in [6, 6.07) is 52.7. The van der Waals surface area contributed by atoms with Crippen LogP contribution in [0.1, 0.15) is 56.7 Å². The highest BCUT2D eigenvalue weighted by atomic mass is 16.5. The highest BCUT2D eigenvalue weighted by molar-refractivity contribution is 6.03. The Labute approximate surface area is 436 Å². The molecule has 76 heavy (non-hydrogen) atoms. The van der Waals surface area contributed by atoms with Crippen LogP contribution < -0.4 is 18.9 Å². The third-order valence-corrected chi connectivity index (χ3v) is 11.7. The normalized spacial score (nSPS) is 10.4. The smallest absolute Gasteiger partial charge is 0.373 e. The van der Waals surface area contributed by atoms with Crippen molar-refractivity contribution in [1.82, 2.24) is 0 Å². The van der Waals surface area contributed by atoms with Gasteiger partial charge in [0, 0.05) is 5.56 Å². The van der Waals surface area contributed by atoms with E-state index in [0.29, 0.717) is 16.9 Å². The molecule has 0 saturated heterocycles. The molecule has 9 rings (SSSR count). The van der Waals surface area contributed by atoms with E-state index >= 15 is 0 Å². The Hall–Kier alpha value is -10.2. The van der Waals surface area contributed by atoms with Gasteiger partial charge in [0.05, 0.1) is 26.2 Å². The van der Waals surface area contributed by atoms with Crippen LogP contribution in [0, 0.1) is 13.8 Å². The van der Waals surface area contributed by atoms with Gasteiger partial charge in [-0.05, 0) is 141 Å². The van der Waals surface area contributed by atoms with Crippen LogP contribution in [0.25, 0.3) is 54.6 Å². The SMILES string of the molecule is COc1ccc2cc(-c3ccccc3C(=O)O)ccc2c1.COc1ccc2cc(C(C)CC(=O)O)ccc2c1.Cc1ccc(Oc2ccc(OC=O)c(-c3ccc4cc(C)ccc4c3)c2C(=O)O)cc1.O=C=O.O=C=O. The molecule has 0 aliphatic heterocycles. The number of carboxylic acids is 3. The zero-order chi connectivity index (χ0) is 55.3. The number of benzene rings is 9. The first-order valence-electron chi connectivity index (χ1n) is 23.0. The lowest BCUT2D eigenvalue weighted by Crippen LogP contribution is -2.05. The molecule has 15 heteroatoms. The van der Waals surface area contributed by atoms with E-state index in [9.17, 15) is 29.4 Å². The Morgan fingerprint density at radius 3 is 1.57 bits per heavy atom. The molecule has 9 aromatic rings. The molecule has 0 heterocycles. The van der Waals surface area contributed by atoms with E-state index in [0.717, 1.165) is 71.6 Å². The molecule has 0 amide bonds. The van der Waals surface area contributed by atoms with Gasteiger partial charge in [0.15, 0.2) is 0 Å². The second-order valence-electron chi connectivity index (χ2n) is 16.7. The van der Waals surface area contributed by atoms with Gasteiger partial charge in [-0.3, -0.25) is 9.59 Å². The molecule has 0 spiro atoms. The van der Waals surface area contributed by atoms with Crippen LogP contribution in [-0.4, -0.2) is 66.2 Å². The molecule has 9 aromatic carbocycles. The standard InChI is InChI=1S/C26H20O5.C18H14O3.C15H16O3.2CO2/c1-16-4-9-21(10-5-16)31-23-12-11-22(30-15-27)24(25(23)26(28)29)20-8-7-18-13-17(2)3-6-19(18)14-20;1-21-15-9-8-12-10-14(7-6-13(12)11-15)16-4-2-3-5-17(16)18(19)20;1-10(7-15(16)17)11-3-4-13-9-14(18-2)6-5-12(13)8-11;2*2-1-3/h3-15H,1-2H3,(H,28,29);2-11H,1H3,(H,19,20);3-6,8-10H,7H2,1-2H3,(H,16,17);;. The molecule has 0 aromatic heterocycles. The summed E-state index contributed by atoms with van der Waals surface area (Å²) in [5, 5.41) is 34.4. The average molecular weight is 1020 g/mol. The Morgan fingerprint density at radius 2 is 1.00 bits per heavy atom. The van der Waals surface area contributed by atoms with Crippen LogP contribution in [0.15, 0.2) is 170 Å². The zero-order valence-corrected chi connectivity index (χ0v) is 41.8. The minimum atomic E-state index is -1.18. The predicted octanol–water partition coefficient (Wildman–Crippen LogP) is 12.6. The van der Waals surface area contributed by atoms with Crippen molar-refractivity contribution in [2.24, 2.45) is 0 Å². The Balaban J connectivity index is 0.000000207. The second kappa shape index (κ2) is 27.6. The van der Waals surface area contributed by atoms with Gasteiger partial charge in [0.25, 0.3) is 6.47 Å². The predicted molar refractivity (Wildman–Crippen MR) is 283 cm³/mol. The Morgan fingerprint density at radius 1 is 0.526 bits per heavy atom.